The fourth-order valence-electron chi connectivity index (χ4n) is 2.02. The first-order valence-corrected chi connectivity index (χ1v) is 5.82. The number of rotatable bonds is 1. The Balaban J connectivity index is 2.67. The van der Waals surface area contributed by atoms with Gasteiger partial charge in [0, 0.05) is 0 Å². The van der Waals surface area contributed by atoms with Gasteiger partial charge in [0.25, 0.3) is 0 Å². The van der Waals surface area contributed by atoms with Gasteiger partial charge in [-0.2, -0.15) is 0 Å². The zero-order chi connectivity index (χ0) is 12.6. The quantitative estimate of drug-likeness (QED) is 0.691. The van der Waals surface area contributed by atoms with Gasteiger partial charge in [-0.1, -0.05) is 32.9 Å². The molecule has 0 radical (unpaired) electrons. The third-order valence-corrected chi connectivity index (χ3v) is 2.75. The van der Waals surface area contributed by atoms with E-state index in [0.717, 1.165) is 17.5 Å². The van der Waals surface area contributed by atoms with E-state index < -0.39 is 0 Å². The van der Waals surface area contributed by atoms with Gasteiger partial charge in [0.15, 0.2) is 0 Å². The standard InChI is InChI=1S/C13H17BN2O/c1-13(2,3)7-9-5-4-6-10-11(9)15-8-16(14)12(10)17/h4-6,8H,7,14H2,1-3H3. The van der Waals surface area contributed by atoms with Crippen LogP contribution in [0.4, 0.5) is 0 Å². The third kappa shape index (κ3) is 2.41. The third-order valence-electron chi connectivity index (χ3n) is 2.75. The Hall–Kier alpha value is -1.58. The Morgan fingerprint density at radius 3 is 2.71 bits per heavy atom. The van der Waals surface area contributed by atoms with Crippen molar-refractivity contribution in [3.63, 3.8) is 0 Å². The molecule has 0 bridgehead atoms. The number of para-hydroxylation sites is 1. The monoisotopic (exact) mass is 228 g/mol. The molecule has 0 spiro atoms. The molecule has 0 unspecified atom stereocenters. The normalized spacial score (nSPS) is 11.9. The smallest absolute Gasteiger partial charge is 0.248 e. The van der Waals surface area contributed by atoms with Crippen molar-refractivity contribution >= 4 is 18.9 Å². The fraction of sp³-hybridized carbons (Fsp3) is 0.385. The van der Waals surface area contributed by atoms with Gasteiger partial charge in [-0.15, -0.1) is 0 Å². The minimum Gasteiger partial charge on any atom is -0.352 e. The Kier molecular flexibility index (Phi) is 2.81. The highest BCUT2D eigenvalue weighted by molar-refractivity contribution is 6.07. The molecule has 0 aliphatic rings. The molecule has 0 fully saturated rings. The molecule has 2 aromatic rings. The lowest BCUT2D eigenvalue weighted by Gasteiger charge is -2.18. The van der Waals surface area contributed by atoms with Crippen LogP contribution in [0.1, 0.15) is 26.3 Å². The molecule has 1 aromatic heterocycles. The first-order valence-electron chi connectivity index (χ1n) is 5.82. The van der Waals surface area contributed by atoms with Crippen LogP contribution in [0.5, 0.6) is 0 Å². The maximum Gasteiger partial charge on any atom is 0.248 e. The van der Waals surface area contributed by atoms with Gasteiger partial charge < -0.3 is 4.48 Å². The molecular formula is C13H17BN2O. The predicted molar refractivity (Wildman–Crippen MR) is 73.1 cm³/mol. The average Bonchev–Trinajstić information content (AvgIpc) is 2.22. The first kappa shape index (κ1) is 11.9. The lowest BCUT2D eigenvalue weighted by molar-refractivity contribution is 0.412. The minimum absolute atomic E-state index is 0.0192. The van der Waals surface area contributed by atoms with E-state index in [1.807, 2.05) is 12.1 Å². The van der Waals surface area contributed by atoms with Gasteiger partial charge in [0.1, 0.15) is 0 Å². The summed E-state index contributed by atoms with van der Waals surface area (Å²) in [5, 5.41) is 0.705. The molecule has 2 rings (SSSR count). The first-order chi connectivity index (χ1) is 7.88. The van der Waals surface area contributed by atoms with E-state index in [0.29, 0.717) is 5.39 Å². The Morgan fingerprint density at radius 1 is 1.35 bits per heavy atom. The van der Waals surface area contributed by atoms with Crippen LogP contribution in [0.2, 0.25) is 0 Å². The number of benzene rings is 1. The molecule has 0 atom stereocenters. The summed E-state index contributed by atoms with van der Waals surface area (Å²) in [6.07, 6.45) is 2.52. The van der Waals surface area contributed by atoms with E-state index in [9.17, 15) is 4.79 Å². The largest absolute Gasteiger partial charge is 0.352 e. The number of nitrogens with zero attached hydrogens (tertiary/aromatic N) is 2. The van der Waals surface area contributed by atoms with Crippen LogP contribution in [-0.2, 0) is 6.42 Å². The van der Waals surface area contributed by atoms with Gasteiger partial charge >= 0.3 is 0 Å². The van der Waals surface area contributed by atoms with Gasteiger partial charge in [-0.3, -0.25) is 4.79 Å². The minimum atomic E-state index is 0.0192. The van der Waals surface area contributed by atoms with Crippen molar-refractivity contribution in [1.29, 1.82) is 0 Å². The van der Waals surface area contributed by atoms with Crippen molar-refractivity contribution in [2.45, 2.75) is 27.2 Å². The van der Waals surface area contributed by atoms with Crippen LogP contribution >= 0.6 is 0 Å². The van der Waals surface area contributed by atoms with Crippen molar-refractivity contribution in [3.8, 4) is 0 Å². The summed E-state index contributed by atoms with van der Waals surface area (Å²) in [5.74, 6) is 0. The van der Waals surface area contributed by atoms with E-state index in [4.69, 9.17) is 0 Å². The Labute approximate surface area is 102 Å². The summed E-state index contributed by atoms with van der Waals surface area (Å²) in [4.78, 5) is 16.4. The van der Waals surface area contributed by atoms with Crippen molar-refractivity contribution in [2.24, 2.45) is 5.41 Å². The van der Waals surface area contributed by atoms with Crippen LogP contribution in [0, 0.1) is 5.41 Å². The molecule has 4 heteroatoms. The molecule has 0 N–H and O–H groups in total. The second-order valence-electron chi connectivity index (χ2n) is 5.71. The number of hydrogen-bond acceptors (Lipinski definition) is 2. The van der Waals surface area contributed by atoms with Crippen molar-refractivity contribution in [1.82, 2.24) is 9.46 Å². The molecule has 0 saturated heterocycles. The topological polar surface area (TPSA) is 34.9 Å². The summed E-state index contributed by atoms with van der Waals surface area (Å²) in [6.45, 7) is 6.56. The molecule has 0 aliphatic heterocycles. The lowest BCUT2D eigenvalue weighted by atomic mass is 9.87. The average molecular weight is 228 g/mol. The van der Waals surface area contributed by atoms with Crippen molar-refractivity contribution in [2.75, 3.05) is 0 Å². The Bertz CT molecular complexity index is 611. The highest BCUT2D eigenvalue weighted by atomic mass is 16.1. The summed E-state index contributed by atoms with van der Waals surface area (Å²) >= 11 is 0. The number of aromatic nitrogens is 2. The summed E-state index contributed by atoms with van der Waals surface area (Å²) in [6, 6.07) is 5.84. The van der Waals surface area contributed by atoms with Crippen LogP contribution in [0.3, 0.4) is 0 Å². The van der Waals surface area contributed by atoms with E-state index in [1.54, 1.807) is 14.3 Å². The Morgan fingerprint density at radius 2 is 2.06 bits per heavy atom. The highest BCUT2D eigenvalue weighted by Crippen LogP contribution is 2.24. The molecule has 0 saturated carbocycles. The molecule has 1 aromatic carbocycles. The highest BCUT2D eigenvalue weighted by Gasteiger charge is 2.14. The summed E-state index contributed by atoms with van der Waals surface area (Å²) < 4.78 is 1.52. The molecule has 88 valence electrons. The van der Waals surface area contributed by atoms with E-state index in [-0.39, 0.29) is 11.0 Å². The molecule has 17 heavy (non-hydrogen) atoms. The van der Waals surface area contributed by atoms with Crippen LogP contribution in [0.25, 0.3) is 10.9 Å². The van der Waals surface area contributed by atoms with Crippen molar-refractivity contribution in [3.05, 3.63) is 40.4 Å². The molecular weight excluding hydrogens is 211 g/mol. The fourth-order valence-corrected chi connectivity index (χ4v) is 2.02. The lowest BCUT2D eigenvalue weighted by Crippen LogP contribution is -2.19. The molecule has 0 aliphatic carbocycles. The van der Waals surface area contributed by atoms with Crippen LogP contribution in [0.15, 0.2) is 29.3 Å². The van der Waals surface area contributed by atoms with E-state index >= 15 is 0 Å². The van der Waals surface area contributed by atoms with Crippen molar-refractivity contribution < 1.29 is 0 Å². The number of fused-ring (bicyclic) bond motifs is 1. The van der Waals surface area contributed by atoms with Gasteiger partial charge in [-0.05, 0) is 23.5 Å². The maximum absolute atomic E-state index is 12.0. The maximum atomic E-state index is 12.0. The predicted octanol–water partition coefficient (Wildman–Crippen LogP) is 1.38. The van der Waals surface area contributed by atoms with Gasteiger partial charge in [-0.25, -0.2) is 4.98 Å². The van der Waals surface area contributed by atoms with E-state index in [2.05, 4.69) is 31.8 Å². The molecule has 0 amide bonds. The summed E-state index contributed by atoms with van der Waals surface area (Å²) in [7, 11) is 1.73. The zero-order valence-corrected chi connectivity index (χ0v) is 10.8. The zero-order valence-electron chi connectivity index (χ0n) is 10.8. The second kappa shape index (κ2) is 4.02. The van der Waals surface area contributed by atoms with E-state index in [1.165, 1.54) is 4.48 Å². The van der Waals surface area contributed by atoms with Gasteiger partial charge in [0.2, 0.25) is 13.5 Å². The van der Waals surface area contributed by atoms with Crippen LogP contribution < -0.4 is 5.56 Å². The van der Waals surface area contributed by atoms with Crippen LogP contribution in [-0.4, -0.2) is 17.4 Å². The molecule has 3 nitrogen and oxygen atoms in total. The number of hydrogen-bond donors (Lipinski definition) is 0. The summed E-state index contributed by atoms with van der Waals surface area (Å²) in [5.41, 5.74) is 2.20. The van der Waals surface area contributed by atoms with Gasteiger partial charge in [0.05, 0.1) is 17.2 Å². The SMILES string of the molecule is Bn1cnc2c(CC(C)(C)C)cccc2c1=O. The molecule has 1 heterocycles. The second-order valence-corrected chi connectivity index (χ2v) is 5.71.